The minimum atomic E-state index is -0.0514. The first kappa shape index (κ1) is 17.8. The molecule has 136 valence electrons. The number of amides is 1. The lowest BCUT2D eigenvalue weighted by molar-refractivity contribution is 0.0875. The third-order valence-electron chi connectivity index (χ3n) is 6.10. The van der Waals surface area contributed by atoms with Gasteiger partial charge in [-0.25, -0.2) is 0 Å². The standard InChI is InChI=1S/C20H29N3O2/c1-5-22(3)20(10-6-7-11-20)13-21-19(25)18-14(2)23(4)17-9-8-15(24)12-16(17)18/h8-9,12,24H,5-7,10-11,13H2,1-4H3,(H,21,25). The molecule has 0 aliphatic heterocycles. The van der Waals surface area contributed by atoms with Gasteiger partial charge < -0.3 is 15.0 Å². The van der Waals surface area contributed by atoms with Crippen molar-refractivity contribution in [1.82, 2.24) is 14.8 Å². The number of aryl methyl sites for hydroxylation is 1. The van der Waals surface area contributed by atoms with Crippen LogP contribution in [0.25, 0.3) is 10.9 Å². The average Bonchev–Trinajstić information content (AvgIpc) is 3.17. The van der Waals surface area contributed by atoms with Crippen molar-refractivity contribution in [2.75, 3.05) is 20.1 Å². The predicted molar refractivity (Wildman–Crippen MR) is 101 cm³/mol. The Balaban J connectivity index is 1.88. The summed E-state index contributed by atoms with van der Waals surface area (Å²) in [7, 11) is 4.10. The molecule has 0 radical (unpaired) electrons. The van der Waals surface area contributed by atoms with Crippen LogP contribution in [0.15, 0.2) is 18.2 Å². The topological polar surface area (TPSA) is 57.5 Å². The van der Waals surface area contributed by atoms with Crippen molar-refractivity contribution in [3.63, 3.8) is 0 Å². The number of benzene rings is 1. The Bertz CT molecular complexity index is 788. The van der Waals surface area contributed by atoms with Gasteiger partial charge >= 0.3 is 0 Å². The second kappa shape index (κ2) is 6.71. The molecule has 5 heteroatoms. The second-order valence-corrected chi connectivity index (χ2v) is 7.35. The van der Waals surface area contributed by atoms with Crippen LogP contribution >= 0.6 is 0 Å². The van der Waals surface area contributed by atoms with E-state index in [1.54, 1.807) is 12.1 Å². The molecule has 2 N–H and O–H groups in total. The number of carbonyl (C=O) groups excluding carboxylic acids is 1. The van der Waals surface area contributed by atoms with Crippen molar-refractivity contribution in [2.45, 2.75) is 45.1 Å². The number of nitrogens with zero attached hydrogens (tertiary/aromatic N) is 2. The molecule has 1 saturated carbocycles. The average molecular weight is 343 g/mol. The van der Waals surface area contributed by atoms with Crippen LogP contribution in [0.1, 0.15) is 48.7 Å². The van der Waals surface area contributed by atoms with E-state index in [2.05, 4.69) is 24.2 Å². The Morgan fingerprint density at radius 3 is 2.68 bits per heavy atom. The summed E-state index contributed by atoms with van der Waals surface area (Å²) in [6, 6.07) is 5.20. The number of likely N-dealkylation sites (N-methyl/N-ethyl adjacent to an activating group) is 1. The number of carbonyl (C=O) groups is 1. The molecule has 3 rings (SSSR count). The molecular formula is C20H29N3O2. The first-order chi connectivity index (χ1) is 11.9. The van der Waals surface area contributed by atoms with Crippen LogP contribution in [-0.4, -0.2) is 46.2 Å². The fraction of sp³-hybridized carbons (Fsp3) is 0.550. The molecule has 1 aliphatic rings. The first-order valence-corrected chi connectivity index (χ1v) is 9.17. The van der Waals surface area contributed by atoms with Crippen molar-refractivity contribution in [3.05, 3.63) is 29.5 Å². The van der Waals surface area contributed by atoms with Crippen molar-refractivity contribution < 1.29 is 9.90 Å². The third kappa shape index (κ3) is 3.01. The molecular weight excluding hydrogens is 314 g/mol. The van der Waals surface area contributed by atoms with Crippen molar-refractivity contribution >= 4 is 16.8 Å². The number of aromatic hydroxyl groups is 1. The highest BCUT2D eigenvalue weighted by Crippen LogP contribution is 2.34. The summed E-state index contributed by atoms with van der Waals surface area (Å²) >= 11 is 0. The van der Waals surface area contributed by atoms with Crippen LogP contribution in [0.2, 0.25) is 0 Å². The van der Waals surface area contributed by atoms with Crippen molar-refractivity contribution in [1.29, 1.82) is 0 Å². The molecule has 0 saturated heterocycles. The zero-order chi connectivity index (χ0) is 18.2. The van der Waals surface area contributed by atoms with E-state index in [0.29, 0.717) is 12.1 Å². The van der Waals surface area contributed by atoms with Crippen LogP contribution in [0.5, 0.6) is 5.75 Å². The molecule has 0 spiro atoms. The maximum absolute atomic E-state index is 13.0. The first-order valence-electron chi connectivity index (χ1n) is 9.17. The van der Waals surface area contributed by atoms with E-state index in [9.17, 15) is 9.90 Å². The normalized spacial score (nSPS) is 16.7. The van der Waals surface area contributed by atoms with E-state index in [1.807, 2.05) is 24.6 Å². The van der Waals surface area contributed by atoms with Crippen molar-refractivity contribution in [3.8, 4) is 5.75 Å². The Morgan fingerprint density at radius 1 is 1.36 bits per heavy atom. The van der Waals surface area contributed by atoms with Gasteiger partial charge in [0.1, 0.15) is 5.75 Å². The zero-order valence-electron chi connectivity index (χ0n) is 15.7. The fourth-order valence-electron chi connectivity index (χ4n) is 4.24. The molecule has 1 aliphatic carbocycles. The maximum atomic E-state index is 13.0. The molecule has 1 aromatic heterocycles. The lowest BCUT2D eigenvalue weighted by Crippen LogP contribution is -2.52. The van der Waals surface area contributed by atoms with E-state index in [1.165, 1.54) is 12.8 Å². The number of hydrogen-bond acceptors (Lipinski definition) is 3. The number of nitrogens with one attached hydrogen (secondary N) is 1. The minimum Gasteiger partial charge on any atom is -0.508 e. The molecule has 1 fully saturated rings. The Labute approximate surface area is 149 Å². The molecule has 1 aromatic carbocycles. The summed E-state index contributed by atoms with van der Waals surface area (Å²) in [4.78, 5) is 15.4. The van der Waals surface area contributed by atoms with Crippen LogP contribution in [0, 0.1) is 6.92 Å². The lowest BCUT2D eigenvalue weighted by Gasteiger charge is -2.38. The quantitative estimate of drug-likeness (QED) is 0.877. The number of fused-ring (bicyclic) bond motifs is 1. The van der Waals surface area contributed by atoms with Gasteiger partial charge in [-0.3, -0.25) is 9.69 Å². The van der Waals surface area contributed by atoms with Crippen LogP contribution in [0.3, 0.4) is 0 Å². The summed E-state index contributed by atoms with van der Waals surface area (Å²) in [5, 5.41) is 13.8. The van der Waals surface area contributed by atoms with E-state index in [0.717, 1.165) is 36.0 Å². The molecule has 1 amide bonds. The highest BCUT2D eigenvalue weighted by molar-refractivity contribution is 6.08. The van der Waals surface area contributed by atoms with Crippen LogP contribution < -0.4 is 5.32 Å². The van der Waals surface area contributed by atoms with Crippen LogP contribution in [-0.2, 0) is 7.05 Å². The SMILES string of the molecule is CCN(C)C1(CNC(=O)c2c(C)n(C)c3ccc(O)cc23)CCCC1. The van der Waals surface area contributed by atoms with Gasteiger partial charge in [-0.05, 0) is 51.6 Å². The van der Waals surface area contributed by atoms with Gasteiger partial charge in [0.15, 0.2) is 0 Å². The van der Waals surface area contributed by atoms with Gasteiger partial charge in [0.2, 0.25) is 0 Å². The zero-order valence-corrected chi connectivity index (χ0v) is 15.7. The number of phenolic OH excluding ortho intramolecular Hbond substituents is 1. The van der Waals surface area contributed by atoms with Gasteiger partial charge in [-0.15, -0.1) is 0 Å². The van der Waals surface area contributed by atoms with Gasteiger partial charge in [-0.2, -0.15) is 0 Å². The van der Waals surface area contributed by atoms with Crippen LogP contribution in [0.4, 0.5) is 0 Å². The Kier molecular flexibility index (Phi) is 4.78. The monoisotopic (exact) mass is 343 g/mol. The van der Waals surface area contributed by atoms with Gasteiger partial charge in [0.25, 0.3) is 5.91 Å². The predicted octanol–water partition coefficient (Wildman–Crippen LogP) is 3.19. The largest absolute Gasteiger partial charge is 0.508 e. The highest BCUT2D eigenvalue weighted by Gasteiger charge is 2.37. The summed E-state index contributed by atoms with van der Waals surface area (Å²) in [5.74, 6) is 0.134. The Morgan fingerprint density at radius 2 is 2.04 bits per heavy atom. The van der Waals surface area contributed by atoms with E-state index in [-0.39, 0.29) is 17.2 Å². The molecule has 2 aromatic rings. The maximum Gasteiger partial charge on any atom is 0.253 e. The number of aromatic nitrogens is 1. The molecule has 25 heavy (non-hydrogen) atoms. The fourth-order valence-corrected chi connectivity index (χ4v) is 4.24. The summed E-state index contributed by atoms with van der Waals surface area (Å²) in [5.41, 5.74) is 2.62. The summed E-state index contributed by atoms with van der Waals surface area (Å²) in [6.45, 7) is 5.77. The van der Waals surface area contributed by atoms with Gasteiger partial charge in [-0.1, -0.05) is 19.8 Å². The molecule has 0 bridgehead atoms. The lowest BCUT2D eigenvalue weighted by atomic mass is 9.95. The highest BCUT2D eigenvalue weighted by atomic mass is 16.3. The van der Waals surface area contributed by atoms with E-state index >= 15 is 0 Å². The molecule has 0 atom stereocenters. The molecule has 1 heterocycles. The van der Waals surface area contributed by atoms with Crippen molar-refractivity contribution in [2.24, 2.45) is 7.05 Å². The van der Waals surface area contributed by atoms with E-state index < -0.39 is 0 Å². The Hall–Kier alpha value is -2.01. The molecule has 5 nitrogen and oxygen atoms in total. The smallest absolute Gasteiger partial charge is 0.253 e. The minimum absolute atomic E-state index is 0.0514. The second-order valence-electron chi connectivity index (χ2n) is 7.35. The van der Waals surface area contributed by atoms with Gasteiger partial charge in [0, 0.05) is 35.7 Å². The number of hydrogen-bond donors (Lipinski definition) is 2. The summed E-state index contributed by atoms with van der Waals surface area (Å²) < 4.78 is 2.01. The molecule has 0 unspecified atom stereocenters. The third-order valence-corrected chi connectivity index (χ3v) is 6.10. The van der Waals surface area contributed by atoms with Gasteiger partial charge in [0.05, 0.1) is 5.56 Å². The number of rotatable bonds is 5. The number of phenols is 1. The van der Waals surface area contributed by atoms with E-state index in [4.69, 9.17) is 0 Å². The summed E-state index contributed by atoms with van der Waals surface area (Å²) in [6.07, 6.45) is 4.71.